The molecule has 1 unspecified atom stereocenters. The van der Waals surface area contributed by atoms with Gasteiger partial charge in [-0.2, -0.15) is 0 Å². The van der Waals surface area contributed by atoms with Gasteiger partial charge in [0.25, 0.3) is 15.0 Å². The van der Waals surface area contributed by atoms with Crippen LogP contribution < -0.4 is 0 Å². The fourth-order valence-corrected chi connectivity index (χ4v) is 3.93. The molecule has 0 spiro atoms. The molecule has 18 heavy (non-hydrogen) atoms. The predicted molar refractivity (Wildman–Crippen MR) is 69.1 cm³/mol. The lowest BCUT2D eigenvalue weighted by atomic mass is 10.2. The van der Waals surface area contributed by atoms with Gasteiger partial charge in [0.15, 0.2) is 10.4 Å². The van der Waals surface area contributed by atoms with Gasteiger partial charge in [-0.15, -0.1) is 0 Å². The molecular weight excluding hydrogens is 346 g/mol. The van der Waals surface area contributed by atoms with Crippen LogP contribution in [0.5, 0.6) is 0 Å². The zero-order chi connectivity index (χ0) is 13.5. The average Bonchev–Trinajstić information content (AvgIpc) is 2.82. The Morgan fingerprint density at radius 1 is 1.61 bits per heavy atom. The van der Waals surface area contributed by atoms with E-state index in [4.69, 9.17) is 15.1 Å². The molecule has 1 amide bonds. The fourth-order valence-electron chi connectivity index (χ4n) is 1.90. The maximum atomic E-state index is 12.1. The molecule has 5 nitrogen and oxygen atoms in total. The number of hydrogen-bond acceptors (Lipinski definition) is 4. The standard InChI is InChI=1S/C10H11BrClNO4S/c1-6-2-3-13(5-6)10(14)7-4-8(9(11)17-7)18(12,15)16/h4,6H,2-3,5H2,1H3. The van der Waals surface area contributed by atoms with E-state index in [-0.39, 0.29) is 21.2 Å². The summed E-state index contributed by atoms with van der Waals surface area (Å²) in [7, 11) is 1.30. The minimum absolute atomic E-state index is 0.0183. The van der Waals surface area contributed by atoms with Crippen LogP contribution in [0.15, 0.2) is 20.0 Å². The zero-order valence-corrected chi connectivity index (χ0v) is 12.7. The van der Waals surface area contributed by atoms with Crippen LogP contribution in [0, 0.1) is 5.92 Å². The minimum atomic E-state index is -3.92. The Hall–Kier alpha value is -0.530. The number of carbonyl (C=O) groups excluding carboxylic acids is 1. The highest BCUT2D eigenvalue weighted by molar-refractivity contribution is 9.10. The summed E-state index contributed by atoms with van der Waals surface area (Å²) in [4.78, 5) is 13.5. The van der Waals surface area contributed by atoms with Crippen LogP contribution in [0.25, 0.3) is 0 Å². The molecule has 0 N–H and O–H groups in total. The molecule has 1 saturated heterocycles. The van der Waals surface area contributed by atoms with Crippen molar-refractivity contribution >= 4 is 41.6 Å². The minimum Gasteiger partial charge on any atom is -0.443 e. The average molecular weight is 357 g/mol. The summed E-state index contributed by atoms with van der Waals surface area (Å²) in [6, 6.07) is 1.15. The Morgan fingerprint density at radius 2 is 2.28 bits per heavy atom. The van der Waals surface area contributed by atoms with Gasteiger partial charge < -0.3 is 9.32 Å². The molecule has 1 fully saturated rings. The Balaban J connectivity index is 2.27. The zero-order valence-electron chi connectivity index (χ0n) is 9.52. The molecule has 0 radical (unpaired) electrons. The quantitative estimate of drug-likeness (QED) is 0.763. The number of rotatable bonds is 2. The molecule has 1 aliphatic heterocycles. The summed E-state index contributed by atoms with van der Waals surface area (Å²) in [5.74, 6) is 0.116. The third kappa shape index (κ3) is 2.73. The van der Waals surface area contributed by atoms with Crippen LogP contribution in [0.3, 0.4) is 0 Å². The second-order valence-corrected chi connectivity index (χ2v) is 7.59. The molecule has 0 saturated carbocycles. The Labute approximate surface area is 118 Å². The summed E-state index contributed by atoms with van der Waals surface area (Å²) < 4.78 is 27.5. The van der Waals surface area contributed by atoms with Gasteiger partial charge in [0.05, 0.1) is 0 Å². The van der Waals surface area contributed by atoms with E-state index in [1.807, 2.05) is 0 Å². The molecule has 1 atom stereocenters. The van der Waals surface area contributed by atoms with Crippen molar-refractivity contribution in [3.05, 3.63) is 16.5 Å². The molecule has 0 aliphatic carbocycles. The van der Waals surface area contributed by atoms with Crippen molar-refractivity contribution in [3.8, 4) is 0 Å². The van der Waals surface area contributed by atoms with Crippen LogP contribution in [-0.4, -0.2) is 32.3 Å². The predicted octanol–water partition coefficient (Wildman–Crippen LogP) is 2.45. The molecule has 8 heteroatoms. The van der Waals surface area contributed by atoms with E-state index in [1.165, 1.54) is 0 Å². The van der Waals surface area contributed by atoms with Crippen molar-refractivity contribution in [1.82, 2.24) is 4.90 Å². The molecular formula is C10H11BrClNO4S. The maximum absolute atomic E-state index is 12.1. The lowest BCUT2D eigenvalue weighted by molar-refractivity contribution is 0.0755. The van der Waals surface area contributed by atoms with Gasteiger partial charge in [0.2, 0.25) is 0 Å². The number of likely N-dealkylation sites (tertiary alicyclic amines) is 1. The Morgan fingerprint density at radius 3 is 2.72 bits per heavy atom. The lowest BCUT2D eigenvalue weighted by Crippen LogP contribution is -2.28. The summed E-state index contributed by atoms with van der Waals surface area (Å²) in [5, 5.41) is 0. The van der Waals surface area contributed by atoms with Gasteiger partial charge in [-0.05, 0) is 28.3 Å². The first-order valence-corrected chi connectivity index (χ1v) is 8.42. The van der Waals surface area contributed by atoms with Crippen molar-refractivity contribution in [2.75, 3.05) is 13.1 Å². The fraction of sp³-hybridized carbons (Fsp3) is 0.500. The van der Waals surface area contributed by atoms with Gasteiger partial charge in [0, 0.05) is 29.8 Å². The molecule has 1 aliphatic rings. The smallest absolute Gasteiger partial charge is 0.289 e. The van der Waals surface area contributed by atoms with E-state index in [2.05, 4.69) is 22.9 Å². The highest BCUT2D eigenvalue weighted by Crippen LogP contribution is 2.30. The van der Waals surface area contributed by atoms with Crippen molar-refractivity contribution in [1.29, 1.82) is 0 Å². The first kappa shape index (κ1) is 13.9. The van der Waals surface area contributed by atoms with Gasteiger partial charge in [0.1, 0.15) is 4.90 Å². The normalized spacial score (nSPS) is 20.4. The van der Waals surface area contributed by atoms with Crippen LogP contribution in [0.1, 0.15) is 23.9 Å². The third-order valence-corrected chi connectivity index (χ3v) is 5.02. The maximum Gasteiger partial charge on any atom is 0.289 e. The number of nitrogens with zero attached hydrogens (tertiary/aromatic N) is 1. The Kier molecular flexibility index (Phi) is 3.75. The number of amides is 1. The van der Waals surface area contributed by atoms with E-state index in [0.29, 0.717) is 19.0 Å². The van der Waals surface area contributed by atoms with Crippen LogP contribution in [-0.2, 0) is 9.05 Å². The summed E-state index contributed by atoms with van der Waals surface area (Å²) in [6.45, 7) is 3.36. The van der Waals surface area contributed by atoms with E-state index >= 15 is 0 Å². The number of hydrogen-bond donors (Lipinski definition) is 0. The third-order valence-electron chi connectivity index (χ3n) is 2.84. The summed E-state index contributed by atoms with van der Waals surface area (Å²) >= 11 is 2.94. The van der Waals surface area contributed by atoms with Crippen molar-refractivity contribution < 1.29 is 17.6 Å². The second kappa shape index (κ2) is 4.86. The van der Waals surface area contributed by atoms with Gasteiger partial charge in [-0.3, -0.25) is 4.79 Å². The van der Waals surface area contributed by atoms with Crippen LogP contribution in [0.2, 0.25) is 0 Å². The molecule has 0 bridgehead atoms. The molecule has 2 heterocycles. The number of furan rings is 1. The van der Waals surface area contributed by atoms with Gasteiger partial charge >= 0.3 is 0 Å². The van der Waals surface area contributed by atoms with Crippen LogP contribution >= 0.6 is 26.6 Å². The molecule has 0 aromatic carbocycles. The van der Waals surface area contributed by atoms with Crippen LogP contribution in [0.4, 0.5) is 0 Å². The van der Waals surface area contributed by atoms with Crippen molar-refractivity contribution in [3.63, 3.8) is 0 Å². The Bertz CT molecular complexity index is 583. The largest absolute Gasteiger partial charge is 0.443 e. The number of carbonyl (C=O) groups is 1. The van der Waals surface area contributed by atoms with E-state index in [1.54, 1.807) is 4.90 Å². The number of halogens is 2. The lowest BCUT2D eigenvalue weighted by Gasteiger charge is -2.13. The first-order chi connectivity index (χ1) is 8.29. The SMILES string of the molecule is CC1CCN(C(=O)c2cc(S(=O)(=O)Cl)c(Br)o2)C1. The van der Waals surface area contributed by atoms with E-state index in [0.717, 1.165) is 12.5 Å². The van der Waals surface area contributed by atoms with E-state index < -0.39 is 9.05 Å². The van der Waals surface area contributed by atoms with Gasteiger partial charge in [-0.25, -0.2) is 8.42 Å². The summed E-state index contributed by atoms with van der Waals surface area (Å²) in [6.07, 6.45) is 0.939. The van der Waals surface area contributed by atoms with Crippen molar-refractivity contribution in [2.45, 2.75) is 18.2 Å². The topological polar surface area (TPSA) is 67.6 Å². The highest BCUT2D eigenvalue weighted by Gasteiger charge is 2.29. The van der Waals surface area contributed by atoms with Crippen molar-refractivity contribution in [2.24, 2.45) is 5.92 Å². The highest BCUT2D eigenvalue weighted by atomic mass is 79.9. The van der Waals surface area contributed by atoms with Gasteiger partial charge in [-0.1, -0.05) is 6.92 Å². The summed E-state index contributed by atoms with van der Waals surface area (Å²) in [5.41, 5.74) is 0. The second-order valence-electron chi connectivity index (χ2n) is 4.33. The first-order valence-electron chi connectivity index (χ1n) is 5.32. The van der Waals surface area contributed by atoms with E-state index in [9.17, 15) is 13.2 Å². The molecule has 1 aromatic rings. The monoisotopic (exact) mass is 355 g/mol. The molecule has 2 rings (SSSR count). The molecule has 100 valence electrons. The molecule has 1 aromatic heterocycles.